The Balaban J connectivity index is 1.59. The molecule has 1 amide bonds. The maximum absolute atomic E-state index is 12.9. The number of benzene rings is 1. The van der Waals surface area contributed by atoms with Crippen molar-refractivity contribution in [3.63, 3.8) is 0 Å². The molecule has 0 bridgehead atoms. The Morgan fingerprint density at radius 3 is 2.59 bits per heavy atom. The Morgan fingerprint density at radius 2 is 1.86 bits per heavy atom. The fourth-order valence-electron chi connectivity index (χ4n) is 3.33. The fraction of sp³-hybridized carbons (Fsp3) is 0.286. The van der Waals surface area contributed by atoms with Gasteiger partial charge in [-0.3, -0.25) is 18.6 Å². The quantitative estimate of drug-likeness (QED) is 0.564. The minimum atomic E-state index is -0.373. The van der Waals surface area contributed by atoms with Crippen molar-refractivity contribution in [3.05, 3.63) is 69.9 Å². The summed E-state index contributed by atoms with van der Waals surface area (Å²) in [5, 5.41) is 10.8. The zero-order valence-electron chi connectivity index (χ0n) is 16.6. The van der Waals surface area contributed by atoms with Crippen LogP contribution in [0.2, 0.25) is 0 Å². The molecule has 8 heteroatoms. The molecule has 4 aromatic rings. The molecule has 0 spiro atoms. The Morgan fingerprint density at radius 1 is 1.10 bits per heavy atom. The third kappa shape index (κ3) is 3.49. The molecule has 3 heterocycles. The maximum atomic E-state index is 12.9. The molecule has 0 radical (unpaired) electrons. The average molecular weight is 390 g/mol. The third-order valence-electron chi connectivity index (χ3n) is 4.97. The molecule has 0 aliphatic rings. The van der Waals surface area contributed by atoms with Crippen molar-refractivity contribution >= 4 is 22.7 Å². The smallest absolute Gasteiger partial charge is 0.297 e. The molecule has 1 aromatic carbocycles. The molecule has 29 heavy (non-hydrogen) atoms. The van der Waals surface area contributed by atoms with Crippen molar-refractivity contribution in [3.8, 4) is 0 Å². The number of nitrogens with one attached hydrogen (secondary N) is 1. The number of carbonyl (C=O) groups is 1. The van der Waals surface area contributed by atoms with Crippen molar-refractivity contribution in [2.75, 3.05) is 0 Å². The Labute approximate surface area is 167 Å². The van der Waals surface area contributed by atoms with Gasteiger partial charge in [0.2, 0.25) is 11.6 Å². The lowest BCUT2D eigenvalue weighted by molar-refractivity contribution is -0.121. The van der Waals surface area contributed by atoms with Crippen LogP contribution in [0.1, 0.15) is 36.7 Å². The highest BCUT2D eigenvalue weighted by atomic mass is 16.2. The summed E-state index contributed by atoms with van der Waals surface area (Å²) in [6.07, 6.45) is 1.64. The van der Waals surface area contributed by atoms with Crippen molar-refractivity contribution in [2.24, 2.45) is 0 Å². The van der Waals surface area contributed by atoms with Gasteiger partial charge in [0.1, 0.15) is 12.4 Å². The van der Waals surface area contributed by atoms with Crippen LogP contribution in [0.5, 0.6) is 0 Å². The van der Waals surface area contributed by atoms with Crippen LogP contribution in [-0.4, -0.2) is 30.1 Å². The molecule has 0 fully saturated rings. The monoisotopic (exact) mass is 390 g/mol. The van der Waals surface area contributed by atoms with Crippen LogP contribution in [0.4, 0.5) is 0 Å². The van der Waals surface area contributed by atoms with Gasteiger partial charge in [0, 0.05) is 12.7 Å². The van der Waals surface area contributed by atoms with Gasteiger partial charge in [-0.1, -0.05) is 38.1 Å². The molecular weight excluding hydrogens is 368 g/mol. The fourth-order valence-corrected chi connectivity index (χ4v) is 3.33. The predicted molar refractivity (Wildman–Crippen MR) is 110 cm³/mol. The SMILES string of the molecule is Cc1nnc2c(=O)n(CC(=O)NCc3ccc(C(C)C)cc3)c3cccnc3n12. The van der Waals surface area contributed by atoms with Crippen LogP contribution >= 0.6 is 0 Å². The van der Waals surface area contributed by atoms with E-state index < -0.39 is 0 Å². The number of amides is 1. The van der Waals surface area contributed by atoms with E-state index >= 15 is 0 Å². The van der Waals surface area contributed by atoms with Gasteiger partial charge in [0.15, 0.2) is 5.65 Å². The number of hydrogen-bond donors (Lipinski definition) is 1. The number of aromatic nitrogens is 5. The maximum Gasteiger partial charge on any atom is 0.297 e. The van der Waals surface area contributed by atoms with E-state index in [0.29, 0.717) is 29.5 Å². The molecular formula is C21H22N6O2. The number of rotatable bonds is 5. The van der Waals surface area contributed by atoms with E-state index in [4.69, 9.17) is 0 Å². The molecule has 148 valence electrons. The lowest BCUT2D eigenvalue weighted by Gasteiger charge is -2.12. The molecule has 0 aliphatic heterocycles. The van der Waals surface area contributed by atoms with Gasteiger partial charge in [-0.15, -0.1) is 10.2 Å². The summed E-state index contributed by atoms with van der Waals surface area (Å²) >= 11 is 0. The summed E-state index contributed by atoms with van der Waals surface area (Å²) in [5.74, 6) is 0.774. The largest absolute Gasteiger partial charge is 0.350 e. The lowest BCUT2D eigenvalue weighted by Crippen LogP contribution is -2.33. The first-order valence-electron chi connectivity index (χ1n) is 9.50. The van der Waals surface area contributed by atoms with E-state index in [1.165, 1.54) is 10.1 Å². The second kappa shape index (κ2) is 7.46. The van der Waals surface area contributed by atoms with Crippen LogP contribution in [0.25, 0.3) is 16.8 Å². The first-order valence-corrected chi connectivity index (χ1v) is 9.50. The summed E-state index contributed by atoms with van der Waals surface area (Å²) in [6, 6.07) is 11.6. The van der Waals surface area contributed by atoms with E-state index in [2.05, 4.69) is 46.5 Å². The number of carbonyl (C=O) groups excluding carboxylic acids is 1. The number of pyridine rings is 1. The first kappa shape index (κ1) is 18.8. The molecule has 1 N–H and O–H groups in total. The highest BCUT2D eigenvalue weighted by molar-refractivity contribution is 5.80. The highest BCUT2D eigenvalue weighted by Gasteiger charge is 2.17. The average Bonchev–Trinajstić information content (AvgIpc) is 3.12. The Hall–Kier alpha value is -3.55. The normalized spacial score (nSPS) is 11.4. The van der Waals surface area contributed by atoms with Gasteiger partial charge in [-0.05, 0) is 36.1 Å². The zero-order valence-corrected chi connectivity index (χ0v) is 16.6. The molecule has 3 aromatic heterocycles. The van der Waals surface area contributed by atoms with Crippen LogP contribution in [0.3, 0.4) is 0 Å². The Bertz CT molecular complexity index is 1250. The van der Waals surface area contributed by atoms with Gasteiger partial charge >= 0.3 is 0 Å². The van der Waals surface area contributed by atoms with Gasteiger partial charge in [-0.25, -0.2) is 4.98 Å². The molecule has 0 aliphatic carbocycles. The second-order valence-corrected chi connectivity index (χ2v) is 7.32. The number of nitrogens with zero attached hydrogens (tertiary/aromatic N) is 5. The van der Waals surface area contributed by atoms with E-state index in [0.717, 1.165) is 5.56 Å². The molecule has 4 rings (SSSR count). The molecule has 0 atom stereocenters. The number of fused-ring (bicyclic) bond motifs is 3. The summed E-state index contributed by atoms with van der Waals surface area (Å²) in [7, 11) is 0. The zero-order chi connectivity index (χ0) is 20.5. The van der Waals surface area contributed by atoms with E-state index in [1.807, 2.05) is 12.1 Å². The van der Waals surface area contributed by atoms with Gasteiger partial charge < -0.3 is 5.32 Å². The second-order valence-electron chi connectivity index (χ2n) is 7.32. The minimum Gasteiger partial charge on any atom is -0.350 e. The summed E-state index contributed by atoms with van der Waals surface area (Å²) in [6.45, 7) is 6.32. The van der Waals surface area contributed by atoms with E-state index in [-0.39, 0.29) is 23.7 Å². The van der Waals surface area contributed by atoms with Crippen molar-refractivity contribution in [1.29, 1.82) is 0 Å². The van der Waals surface area contributed by atoms with Gasteiger partial charge in [0.05, 0.1) is 5.52 Å². The minimum absolute atomic E-state index is 0.118. The molecule has 8 nitrogen and oxygen atoms in total. The van der Waals surface area contributed by atoms with E-state index in [9.17, 15) is 9.59 Å². The Kier molecular flexibility index (Phi) is 4.84. The van der Waals surface area contributed by atoms with Crippen LogP contribution < -0.4 is 10.9 Å². The van der Waals surface area contributed by atoms with Crippen molar-refractivity contribution in [1.82, 2.24) is 29.5 Å². The molecule has 0 unspecified atom stereocenters. The summed E-state index contributed by atoms with van der Waals surface area (Å²) < 4.78 is 3.01. The standard InChI is InChI=1S/C21H22N6O2/c1-13(2)16-8-6-15(7-9-16)11-23-18(28)12-26-17-5-4-10-22-19(17)27-14(3)24-25-20(27)21(26)29/h4-10,13H,11-12H2,1-3H3,(H,23,28). The summed E-state index contributed by atoms with van der Waals surface area (Å²) in [5.41, 5.74) is 3.15. The molecule has 0 saturated heterocycles. The third-order valence-corrected chi connectivity index (χ3v) is 4.97. The van der Waals surface area contributed by atoms with Crippen molar-refractivity contribution < 1.29 is 4.79 Å². The number of hydrogen-bond acceptors (Lipinski definition) is 5. The van der Waals surface area contributed by atoms with Crippen LogP contribution in [-0.2, 0) is 17.9 Å². The van der Waals surface area contributed by atoms with Crippen LogP contribution in [0.15, 0.2) is 47.4 Å². The highest BCUT2D eigenvalue weighted by Crippen LogP contribution is 2.15. The first-order chi connectivity index (χ1) is 14.0. The van der Waals surface area contributed by atoms with E-state index in [1.54, 1.807) is 29.7 Å². The van der Waals surface area contributed by atoms with Crippen LogP contribution in [0, 0.1) is 6.92 Å². The lowest BCUT2D eigenvalue weighted by atomic mass is 10.0. The van der Waals surface area contributed by atoms with Crippen molar-refractivity contribution in [2.45, 2.75) is 39.8 Å². The predicted octanol–water partition coefficient (Wildman–Crippen LogP) is 2.19. The van der Waals surface area contributed by atoms with Gasteiger partial charge in [-0.2, -0.15) is 0 Å². The number of aryl methyl sites for hydroxylation is 1. The van der Waals surface area contributed by atoms with Gasteiger partial charge in [0.25, 0.3) is 5.56 Å². The topological polar surface area (TPSA) is 94.2 Å². The molecule has 0 saturated carbocycles. The summed E-state index contributed by atoms with van der Waals surface area (Å²) in [4.78, 5) is 29.8.